The summed E-state index contributed by atoms with van der Waals surface area (Å²) in [4.78, 5) is 6.53. The summed E-state index contributed by atoms with van der Waals surface area (Å²) in [7, 11) is -1.43. The molecule has 0 amide bonds. The lowest BCUT2D eigenvalue weighted by Crippen LogP contribution is -2.49. The van der Waals surface area contributed by atoms with Gasteiger partial charge in [0.2, 0.25) is 0 Å². The van der Waals surface area contributed by atoms with Crippen LogP contribution in [0.15, 0.2) is 4.99 Å². The zero-order valence-corrected chi connectivity index (χ0v) is 16.2. The topological polar surface area (TPSA) is 73.8 Å². The first kappa shape index (κ1) is 21.2. The van der Waals surface area contributed by atoms with Gasteiger partial charge in [0.05, 0.1) is 4.75 Å². The van der Waals surface area contributed by atoms with Crippen molar-refractivity contribution >= 4 is 15.8 Å². The fraction of sp³-hybridized carbons (Fsp3) is 0.933. The lowest BCUT2D eigenvalue weighted by Gasteiger charge is -2.31. The van der Waals surface area contributed by atoms with Gasteiger partial charge in [-0.05, 0) is 41.5 Å². The van der Waals surface area contributed by atoms with Crippen LogP contribution < -0.4 is 10.6 Å². The van der Waals surface area contributed by atoms with E-state index in [1.807, 2.05) is 0 Å². The van der Waals surface area contributed by atoms with Gasteiger partial charge in [0.25, 0.3) is 0 Å². The Morgan fingerprint density at radius 1 is 1.14 bits per heavy atom. The zero-order valence-electron chi connectivity index (χ0n) is 15.4. The van der Waals surface area contributed by atoms with Gasteiger partial charge in [-0.2, -0.15) is 0 Å². The standard InChI is InChI=1S/C15H34N4O2S/c1-12(2)19(13(3)4)10-9-17-14(16-7)18-11-15(5,6)22(8,20)21/h12-13H,9-11H2,1-8H3,(H2,16,17,18). The monoisotopic (exact) mass is 334 g/mol. The second kappa shape index (κ2) is 8.72. The van der Waals surface area contributed by atoms with E-state index in [9.17, 15) is 8.42 Å². The van der Waals surface area contributed by atoms with E-state index in [0.29, 0.717) is 24.6 Å². The first-order chi connectivity index (χ1) is 9.92. The average Bonchev–Trinajstić information content (AvgIpc) is 2.35. The van der Waals surface area contributed by atoms with Crippen molar-refractivity contribution in [2.45, 2.75) is 58.4 Å². The lowest BCUT2D eigenvalue weighted by molar-refractivity contribution is 0.178. The summed E-state index contributed by atoms with van der Waals surface area (Å²) >= 11 is 0. The number of hydrogen-bond acceptors (Lipinski definition) is 4. The van der Waals surface area contributed by atoms with Gasteiger partial charge >= 0.3 is 0 Å². The lowest BCUT2D eigenvalue weighted by atomic mass is 10.2. The van der Waals surface area contributed by atoms with Crippen molar-refractivity contribution < 1.29 is 8.42 Å². The predicted molar refractivity (Wildman–Crippen MR) is 95.3 cm³/mol. The maximum atomic E-state index is 11.7. The predicted octanol–water partition coefficient (Wildman–Crippen LogP) is 1.09. The molecule has 0 aromatic rings. The highest BCUT2D eigenvalue weighted by atomic mass is 32.2. The molecule has 0 aliphatic rings. The summed E-state index contributed by atoms with van der Waals surface area (Å²) in [6.45, 7) is 14.1. The minimum Gasteiger partial charge on any atom is -0.355 e. The smallest absolute Gasteiger partial charge is 0.191 e. The first-order valence-electron chi connectivity index (χ1n) is 7.82. The minimum atomic E-state index is -3.12. The maximum absolute atomic E-state index is 11.7. The van der Waals surface area contributed by atoms with Crippen molar-refractivity contribution in [2.75, 3.05) is 32.9 Å². The molecule has 0 aliphatic heterocycles. The van der Waals surface area contributed by atoms with E-state index in [0.717, 1.165) is 13.1 Å². The van der Waals surface area contributed by atoms with Crippen LogP contribution in [-0.4, -0.2) is 69.0 Å². The number of aliphatic imine (C=N–C) groups is 1. The molecule has 0 rings (SSSR count). The van der Waals surface area contributed by atoms with E-state index in [1.54, 1.807) is 20.9 Å². The third-order valence-corrected chi connectivity index (χ3v) is 6.05. The van der Waals surface area contributed by atoms with Crippen molar-refractivity contribution in [3.05, 3.63) is 0 Å². The van der Waals surface area contributed by atoms with Crippen LogP contribution in [0.25, 0.3) is 0 Å². The number of nitrogens with zero attached hydrogens (tertiary/aromatic N) is 2. The SMILES string of the molecule is CN=C(NCCN(C(C)C)C(C)C)NCC(C)(C)S(C)(=O)=O. The Morgan fingerprint density at radius 2 is 1.64 bits per heavy atom. The van der Waals surface area contributed by atoms with Gasteiger partial charge < -0.3 is 10.6 Å². The van der Waals surface area contributed by atoms with Crippen molar-refractivity contribution in [2.24, 2.45) is 4.99 Å². The van der Waals surface area contributed by atoms with Crippen LogP contribution >= 0.6 is 0 Å². The molecule has 0 aromatic carbocycles. The molecule has 0 heterocycles. The number of hydrogen-bond donors (Lipinski definition) is 2. The Bertz CT molecular complexity index is 448. The van der Waals surface area contributed by atoms with Gasteiger partial charge in [0.1, 0.15) is 0 Å². The molecule has 0 unspecified atom stereocenters. The van der Waals surface area contributed by atoms with Gasteiger partial charge in [-0.1, -0.05) is 0 Å². The van der Waals surface area contributed by atoms with Crippen molar-refractivity contribution in [3.8, 4) is 0 Å². The van der Waals surface area contributed by atoms with E-state index < -0.39 is 14.6 Å². The third-order valence-electron chi connectivity index (χ3n) is 3.90. The molecule has 0 bridgehead atoms. The molecule has 0 aromatic heterocycles. The summed E-state index contributed by atoms with van der Waals surface area (Å²) in [5.74, 6) is 0.629. The minimum absolute atomic E-state index is 0.323. The molecule has 0 saturated carbocycles. The van der Waals surface area contributed by atoms with Crippen LogP contribution in [0.4, 0.5) is 0 Å². The Morgan fingerprint density at radius 3 is 2.00 bits per heavy atom. The molecular weight excluding hydrogens is 300 g/mol. The second-order valence-corrected chi connectivity index (χ2v) is 9.46. The molecule has 0 fully saturated rings. The normalized spacial score (nSPS) is 14.0. The summed E-state index contributed by atoms with van der Waals surface area (Å²) in [5.41, 5.74) is 0. The summed E-state index contributed by atoms with van der Waals surface area (Å²) in [6, 6.07) is 0.974. The highest BCUT2D eigenvalue weighted by Crippen LogP contribution is 2.13. The molecule has 2 N–H and O–H groups in total. The number of rotatable bonds is 8. The van der Waals surface area contributed by atoms with Gasteiger partial charge in [-0.15, -0.1) is 0 Å². The molecular formula is C15H34N4O2S. The van der Waals surface area contributed by atoms with E-state index >= 15 is 0 Å². The van der Waals surface area contributed by atoms with Crippen LogP contribution in [0.1, 0.15) is 41.5 Å². The van der Waals surface area contributed by atoms with Crippen LogP contribution in [0, 0.1) is 0 Å². The molecule has 0 aliphatic carbocycles. The largest absolute Gasteiger partial charge is 0.355 e. The first-order valence-corrected chi connectivity index (χ1v) is 9.71. The summed E-state index contributed by atoms with van der Waals surface area (Å²) in [5, 5.41) is 6.33. The van der Waals surface area contributed by atoms with Gasteiger partial charge in [-0.25, -0.2) is 8.42 Å². The van der Waals surface area contributed by atoms with Crippen molar-refractivity contribution in [1.29, 1.82) is 0 Å². The quantitative estimate of drug-likeness (QED) is 0.513. The Balaban J connectivity index is 4.42. The van der Waals surface area contributed by atoms with Crippen molar-refractivity contribution in [3.63, 3.8) is 0 Å². The van der Waals surface area contributed by atoms with Crippen LogP contribution in [0.2, 0.25) is 0 Å². The number of nitrogens with one attached hydrogen (secondary N) is 2. The highest BCUT2D eigenvalue weighted by Gasteiger charge is 2.30. The fourth-order valence-corrected chi connectivity index (χ4v) is 2.40. The van der Waals surface area contributed by atoms with E-state index in [4.69, 9.17) is 0 Å². The number of sulfone groups is 1. The Kier molecular flexibility index (Phi) is 8.39. The Labute approximate surface area is 136 Å². The fourth-order valence-electron chi connectivity index (χ4n) is 2.06. The third kappa shape index (κ3) is 6.96. The molecule has 0 atom stereocenters. The van der Waals surface area contributed by atoms with Crippen LogP contribution in [-0.2, 0) is 9.84 Å². The second-order valence-electron chi connectivity index (χ2n) is 6.81. The molecule has 6 nitrogen and oxygen atoms in total. The number of guanidine groups is 1. The van der Waals surface area contributed by atoms with E-state index in [2.05, 4.69) is 48.2 Å². The van der Waals surface area contributed by atoms with Crippen molar-refractivity contribution in [1.82, 2.24) is 15.5 Å². The zero-order chi connectivity index (χ0) is 17.6. The van der Waals surface area contributed by atoms with Crippen LogP contribution in [0.5, 0.6) is 0 Å². The average molecular weight is 335 g/mol. The van der Waals surface area contributed by atoms with E-state index in [-0.39, 0.29) is 0 Å². The molecule has 0 spiro atoms. The van der Waals surface area contributed by atoms with Gasteiger partial charge in [0.15, 0.2) is 15.8 Å². The molecule has 7 heteroatoms. The van der Waals surface area contributed by atoms with E-state index in [1.165, 1.54) is 6.26 Å². The van der Waals surface area contributed by atoms with Gasteiger partial charge in [-0.3, -0.25) is 9.89 Å². The van der Waals surface area contributed by atoms with Gasteiger partial charge in [0, 0.05) is 45.0 Å². The maximum Gasteiger partial charge on any atom is 0.191 e. The highest BCUT2D eigenvalue weighted by molar-refractivity contribution is 7.92. The molecule has 22 heavy (non-hydrogen) atoms. The van der Waals surface area contributed by atoms with Crippen LogP contribution in [0.3, 0.4) is 0 Å². The molecule has 0 saturated heterocycles. The molecule has 0 radical (unpaired) electrons. The summed E-state index contributed by atoms with van der Waals surface area (Å²) < 4.78 is 22.6. The molecule has 132 valence electrons. The Hall–Kier alpha value is -0.820. The summed E-state index contributed by atoms with van der Waals surface area (Å²) in [6.07, 6.45) is 1.26.